The Morgan fingerprint density at radius 2 is 2.38 bits per heavy atom. The van der Waals surface area contributed by atoms with E-state index in [-0.39, 0.29) is 0 Å². The van der Waals surface area contributed by atoms with Crippen LogP contribution in [-0.2, 0) is 9.36 Å². The van der Waals surface area contributed by atoms with Crippen LogP contribution in [0.5, 0.6) is 0 Å². The Morgan fingerprint density at radius 1 is 1.88 bits per heavy atom. The Balaban J connectivity index is 3.55. The third kappa shape index (κ3) is 3.46. The van der Waals surface area contributed by atoms with Gasteiger partial charge >= 0.3 is 8.18 Å². The van der Waals surface area contributed by atoms with Gasteiger partial charge in [0.2, 0.25) is 0 Å². The number of hydrogen-bond acceptors (Lipinski definition) is 2. The Labute approximate surface area is 47.1 Å². The highest BCUT2D eigenvalue weighted by Crippen LogP contribution is 2.02. The summed E-state index contributed by atoms with van der Waals surface area (Å²) < 4.78 is 9.74. The van der Waals surface area contributed by atoms with E-state index >= 15 is 0 Å². The fourth-order valence-electron chi connectivity index (χ4n) is 0.140. The quantitative estimate of drug-likeness (QED) is 0.410. The van der Waals surface area contributed by atoms with Crippen molar-refractivity contribution >= 4 is 14.1 Å². The maximum atomic E-state index is 10.0. The fourth-order valence-corrected chi connectivity index (χ4v) is 0.420. The number of carbonyl (C=O) groups is 1. The molecule has 0 bridgehead atoms. The molecule has 1 amide bonds. The second-order valence-corrected chi connectivity index (χ2v) is 1.72. The van der Waals surface area contributed by atoms with Crippen LogP contribution in [-0.4, -0.2) is 10.8 Å². The van der Waals surface area contributed by atoms with Gasteiger partial charge in [-0.3, -0.25) is 4.79 Å². The molecule has 2 N–H and O–H groups in total. The molecule has 0 aliphatic rings. The van der Waals surface area contributed by atoms with Crippen LogP contribution < -0.4 is 5.09 Å². The highest BCUT2D eigenvalue weighted by atomic mass is 31.1. The standard InChI is InChI=1S/C3H4NO3P/c1-2-3(5)4-8(6)7/h2H,1H2,(H-,4,5,6,7)/p+1. The molecule has 44 valence electrons. The first-order valence-electron chi connectivity index (χ1n) is 1.76. The molecule has 0 saturated heterocycles. The van der Waals surface area contributed by atoms with Crippen LogP contribution >= 0.6 is 8.18 Å². The lowest BCUT2D eigenvalue weighted by Gasteiger charge is -1.76. The molecule has 0 saturated carbocycles. The van der Waals surface area contributed by atoms with Gasteiger partial charge in [-0.2, -0.15) is 0 Å². The van der Waals surface area contributed by atoms with Crippen molar-refractivity contribution in [3.05, 3.63) is 12.7 Å². The van der Waals surface area contributed by atoms with Crippen molar-refractivity contribution in [3.8, 4) is 0 Å². The van der Waals surface area contributed by atoms with Crippen molar-refractivity contribution in [3.63, 3.8) is 0 Å². The molecule has 0 aliphatic heterocycles. The molecule has 4 nitrogen and oxygen atoms in total. The maximum Gasteiger partial charge on any atom is 0.643 e. The zero-order valence-corrected chi connectivity index (χ0v) is 4.89. The van der Waals surface area contributed by atoms with Gasteiger partial charge in [0.15, 0.2) is 0 Å². The molecule has 0 spiro atoms. The minimum atomic E-state index is -2.57. The monoisotopic (exact) mass is 134 g/mol. The van der Waals surface area contributed by atoms with Gasteiger partial charge in [0.1, 0.15) is 0 Å². The lowest BCUT2D eigenvalue weighted by molar-refractivity contribution is -0.114. The Hall–Kier alpha value is -0.730. The van der Waals surface area contributed by atoms with Gasteiger partial charge < -0.3 is 0 Å². The van der Waals surface area contributed by atoms with Gasteiger partial charge in [-0.1, -0.05) is 6.58 Å². The van der Waals surface area contributed by atoms with Crippen LogP contribution in [0.1, 0.15) is 0 Å². The van der Waals surface area contributed by atoms with E-state index in [0.717, 1.165) is 6.08 Å². The predicted octanol–water partition coefficient (Wildman–Crippen LogP) is -0.0617. The number of amides is 1. The van der Waals surface area contributed by atoms with Gasteiger partial charge in [-0.15, -0.1) is 9.98 Å². The number of hydrogen-bond donors (Lipinski definition) is 2. The Morgan fingerprint density at radius 3 is 2.50 bits per heavy atom. The number of rotatable bonds is 2. The van der Waals surface area contributed by atoms with E-state index in [4.69, 9.17) is 4.89 Å². The Bertz CT molecular complexity index is 132. The number of carbonyl (C=O) groups excluding carboxylic acids is 1. The van der Waals surface area contributed by atoms with E-state index in [1.807, 2.05) is 0 Å². The molecular weight excluding hydrogens is 129 g/mol. The largest absolute Gasteiger partial charge is 0.643 e. The SMILES string of the molecule is C=CC(=O)N[P+](=O)O. The highest BCUT2D eigenvalue weighted by Gasteiger charge is 2.11. The van der Waals surface area contributed by atoms with Crippen molar-refractivity contribution in [2.45, 2.75) is 0 Å². The van der Waals surface area contributed by atoms with Crippen LogP contribution in [0, 0.1) is 0 Å². The average molecular weight is 134 g/mol. The van der Waals surface area contributed by atoms with Crippen molar-refractivity contribution < 1.29 is 14.3 Å². The van der Waals surface area contributed by atoms with E-state index in [9.17, 15) is 9.36 Å². The Kier molecular flexibility index (Phi) is 2.99. The summed E-state index contributed by atoms with van der Waals surface area (Å²) in [5.74, 6) is -0.645. The summed E-state index contributed by atoms with van der Waals surface area (Å²) in [7, 11) is -2.57. The van der Waals surface area contributed by atoms with Crippen molar-refractivity contribution in [2.75, 3.05) is 0 Å². The van der Waals surface area contributed by atoms with Crippen LogP contribution in [0.4, 0.5) is 0 Å². The normalized spacial score (nSPS) is 9.88. The first-order valence-corrected chi connectivity index (χ1v) is 2.97. The molecule has 5 heteroatoms. The average Bonchev–Trinajstić information content (AvgIpc) is 1.65. The molecular formula is C3H5NO3P+. The molecule has 1 atom stereocenters. The number of nitrogens with one attached hydrogen (secondary N) is 1. The third-order valence-electron chi connectivity index (χ3n) is 0.391. The highest BCUT2D eigenvalue weighted by molar-refractivity contribution is 7.36. The second-order valence-electron chi connectivity index (χ2n) is 0.953. The minimum Gasteiger partial charge on any atom is -0.266 e. The van der Waals surface area contributed by atoms with Gasteiger partial charge in [0, 0.05) is 0 Å². The molecule has 0 fully saturated rings. The van der Waals surface area contributed by atoms with Crippen molar-refractivity contribution in [1.29, 1.82) is 0 Å². The van der Waals surface area contributed by atoms with E-state index in [0.29, 0.717) is 0 Å². The molecule has 0 aromatic heterocycles. The summed E-state index contributed by atoms with van der Waals surface area (Å²) in [6.07, 6.45) is 0.920. The first-order chi connectivity index (χ1) is 3.66. The van der Waals surface area contributed by atoms with E-state index < -0.39 is 14.1 Å². The minimum absolute atomic E-state index is 0.645. The van der Waals surface area contributed by atoms with Gasteiger partial charge in [-0.05, 0) is 10.6 Å². The summed E-state index contributed by atoms with van der Waals surface area (Å²) in [6, 6.07) is 0. The molecule has 0 aliphatic carbocycles. The first kappa shape index (κ1) is 7.27. The molecule has 0 aromatic carbocycles. The molecule has 1 unspecified atom stereocenters. The van der Waals surface area contributed by atoms with Gasteiger partial charge in [-0.25, -0.2) is 0 Å². The maximum absolute atomic E-state index is 10.0. The fraction of sp³-hybridized carbons (Fsp3) is 0. The summed E-state index contributed by atoms with van der Waals surface area (Å²) in [6.45, 7) is 3.06. The predicted molar refractivity (Wildman–Crippen MR) is 28.2 cm³/mol. The summed E-state index contributed by atoms with van der Waals surface area (Å²) in [5.41, 5.74) is 0. The van der Waals surface area contributed by atoms with Crippen LogP contribution in [0.25, 0.3) is 0 Å². The molecule has 0 aromatic rings. The smallest absolute Gasteiger partial charge is 0.266 e. The third-order valence-corrected chi connectivity index (χ3v) is 0.803. The zero-order chi connectivity index (χ0) is 6.57. The lowest BCUT2D eigenvalue weighted by atomic mass is 10.6. The molecule has 0 radical (unpaired) electrons. The van der Waals surface area contributed by atoms with Gasteiger partial charge in [0.05, 0.1) is 0 Å². The lowest BCUT2D eigenvalue weighted by Crippen LogP contribution is -2.10. The van der Waals surface area contributed by atoms with Crippen LogP contribution in [0.3, 0.4) is 0 Å². The van der Waals surface area contributed by atoms with Crippen LogP contribution in [0.2, 0.25) is 0 Å². The molecule has 0 heterocycles. The van der Waals surface area contributed by atoms with Crippen LogP contribution in [0.15, 0.2) is 12.7 Å². The topological polar surface area (TPSA) is 66.4 Å². The van der Waals surface area contributed by atoms with Crippen molar-refractivity contribution in [2.24, 2.45) is 0 Å². The summed E-state index contributed by atoms with van der Waals surface area (Å²) >= 11 is 0. The van der Waals surface area contributed by atoms with E-state index in [2.05, 4.69) is 6.58 Å². The molecule has 8 heavy (non-hydrogen) atoms. The summed E-state index contributed by atoms with van der Waals surface area (Å²) in [5, 5.41) is 1.70. The zero-order valence-electron chi connectivity index (χ0n) is 4.00. The van der Waals surface area contributed by atoms with E-state index in [1.54, 1.807) is 5.09 Å². The second kappa shape index (κ2) is 3.29. The van der Waals surface area contributed by atoms with E-state index in [1.165, 1.54) is 0 Å². The molecule has 0 rings (SSSR count). The van der Waals surface area contributed by atoms with Gasteiger partial charge in [0.25, 0.3) is 5.91 Å². The summed E-state index contributed by atoms with van der Waals surface area (Å²) in [4.78, 5) is 18.0. The van der Waals surface area contributed by atoms with Crippen molar-refractivity contribution in [1.82, 2.24) is 5.09 Å².